The first kappa shape index (κ1) is 26.3. The van der Waals surface area contributed by atoms with Gasteiger partial charge in [-0.25, -0.2) is 8.42 Å². The molecule has 0 saturated carbocycles. The molecule has 1 amide bonds. The van der Waals surface area contributed by atoms with Crippen molar-refractivity contribution in [2.75, 3.05) is 17.9 Å². The third kappa shape index (κ3) is 5.46. The number of nitrogens with one attached hydrogen (secondary N) is 3. The summed E-state index contributed by atoms with van der Waals surface area (Å²) in [5, 5.41) is 2.92. The van der Waals surface area contributed by atoms with Crippen molar-refractivity contribution in [3.05, 3.63) is 93.8 Å². The van der Waals surface area contributed by atoms with Crippen LogP contribution in [0, 0.1) is 0 Å². The van der Waals surface area contributed by atoms with E-state index in [1.807, 2.05) is 18.2 Å². The van der Waals surface area contributed by atoms with Crippen LogP contribution in [0.25, 0.3) is 10.9 Å². The van der Waals surface area contributed by atoms with Gasteiger partial charge in [0.2, 0.25) is 5.43 Å². The largest absolute Gasteiger partial charge is 0.486 e. The van der Waals surface area contributed by atoms with E-state index in [9.17, 15) is 18.0 Å². The van der Waals surface area contributed by atoms with Crippen molar-refractivity contribution in [1.29, 1.82) is 0 Å². The minimum absolute atomic E-state index is 0.0874. The molecule has 0 fully saturated rings. The van der Waals surface area contributed by atoms with Crippen molar-refractivity contribution >= 4 is 32.5 Å². The summed E-state index contributed by atoms with van der Waals surface area (Å²) >= 11 is 0. The lowest BCUT2D eigenvalue weighted by molar-refractivity contribution is 0.0938. The van der Waals surface area contributed by atoms with E-state index >= 15 is 0 Å². The quantitative estimate of drug-likeness (QED) is 0.308. The third-order valence-electron chi connectivity index (χ3n) is 6.65. The van der Waals surface area contributed by atoms with E-state index in [4.69, 9.17) is 9.47 Å². The number of fused-ring (bicyclic) bond motifs is 2. The molecule has 10 heteroatoms. The molecular weight excluding hydrogens is 518 g/mol. The minimum atomic E-state index is -3.98. The molecule has 1 aromatic heterocycles. The molecule has 202 valence electrons. The molecule has 3 N–H and O–H groups in total. The van der Waals surface area contributed by atoms with E-state index in [1.165, 1.54) is 24.4 Å². The highest BCUT2D eigenvalue weighted by atomic mass is 32.2. The van der Waals surface area contributed by atoms with Gasteiger partial charge in [0.1, 0.15) is 18.8 Å². The van der Waals surface area contributed by atoms with Crippen LogP contribution in [0.5, 0.6) is 11.5 Å². The predicted molar refractivity (Wildman–Crippen MR) is 149 cm³/mol. The fourth-order valence-corrected chi connectivity index (χ4v) is 5.46. The van der Waals surface area contributed by atoms with Gasteiger partial charge in [0, 0.05) is 22.8 Å². The molecule has 1 aliphatic rings. The second kappa shape index (κ2) is 10.5. The minimum Gasteiger partial charge on any atom is -0.486 e. The Morgan fingerprint density at radius 1 is 0.897 bits per heavy atom. The van der Waals surface area contributed by atoms with Crippen LogP contribution in [-0.4, -0.2) is 32.5 Å². The number of aromatic amines is 1. The first-order valence-corrected chi connectivity index (χ1v) is 14.1. The number of H-pyrrole nitrogens is 1. The average Bonchev–Trinajstić information content (AvgIpc) is 2.92. The van der Waals surface area contributed by atoms with Gasteiger partial charge in [0.15, 0.2) is 11.5 Å². The number of rotatable bonds is 7. The van der Waals surface area contributed by atoms with Crippen LogP contribution in [0.4, 0.5) is 5.69 Å². The van der Waals surface area contributed by atoms with Gasteiger partial charge in [-0.2, -0.15) is 0 Å². The molecule has 2 heterocycles. The third-order valence-corrected chi connectivity index (χ3v) is 8.03. The Kier molecular flexibility index (Phi) is 7.05. The number of amides is 1. The number of benzene rings is 3. The van der Waals surface area contributed by atoms with Crippen molar-refractivity contribution < 1.29 is 22.7 Å². The summed E-state index contributed by atoms with van der Waals surface area (Å²) in [5.74, 6) is 0.972. The topological polar surface area (TPSA) is 127 Å². The van der Waals surface area contributed by atoms with Crippen molar-refractivity contribution in [2.45, 2.75) is 37.6 Å². The van der Waals surface area contributed by atoms with Gasteiger partial charge in [-0.15, -0.1) is 0 Å². The summed E-state index contributed by atoms with van der Waals surface area (Å²) in [5.41, 5.74) is 1.99. The summed E-state index contributed by atoms with van der Waals surface area (Å²) in [6.45, 7) is 6.83. The first-order valence-electron chi connectivity index (χ1n) is 12.6. The normalized spacial score (nSPS) is 13.7. The molecule has 0 radical (unpaired) electrons. The average molecular weight is 548 g/mol. The molecule has 1 atom stereocenters. The lowest BCUT2D eigenvalue weighted by Gasteiger charge is -2.21. The van der Waals surface area contributed by atoms with E-state index in [-0.39, 0.29) is 15.8 Å². The Balaban J connectivity index is 1.38. The fraction of sp³-hybridized carbons (Fsp3) is 0.241. The zero-order valence-corrected chi connectivity index (χ0v) is 22.6. The summed E-state index contributed by atoms with van der Waals surface area (Å²) in [6, 6.07) is 16.3. The standard InChI is InChI=1S/C29H29N3O6S/c1-17(2)19-4-7-21(8-5-19)32-39(35,36)22-9-10-25-23(15-22)28(33)24(16-30-25)29(34)31-18(3)20-6-11-26-27(14-20)38-13-12-37-26/h4-11,14-18,32H,12-13H2,1-3H3,(H,30,33)(H,31,34). The van der Waals surface area contributed by atoms with Gasteiger partial charge < -0.3 is 19.8 Å². The molecule has 0 aliphatic carbocycles. The Morgan fingerprint density at radius 3 is 2.31 bits per heavy atom. The summed E-state index contributed by atoms with van der Waals surface area (Å²) in [4.78, 5) is 29.2. The zero-order chi connectivity index (χ0) is 27.7. The smallest absolute Gasteiger partial charge is 0.261 e. The number of pyridine rings is 1. The number of hydrogen-bond acceptors (Lipinski definition) is 6. The maximum atomic E-state index is 13.3. The molecule has 0 spiro atoms. The fourth-order valence-electron chi connectivity index (χ4n) is 4.37. The first-order chi connectivity index (χ1) is 18.6. The van der Waals surface area contributed by atoms with Crippen LogP contribution in [-0.2, 0) is 10.0 Å². The van der Waals surface area contributed by atoms with E-state index in [1.54, 1.807) is 31.2 Å². The molecule has 0 bridgehead atoms. The molecule has 9 nitrogen and oxygen atoms in total. The highest BCUT2D eigenvalue weighted by molar-refractivity contribution is 7.92. The summed E-state index contributed by atoms with van der Waals surface area (Å²) in [6.07, 6.45) is 1.33. The number of carbonyl (C=O) groups excluding carboxylic acids is 1. The van der Waals surface area contributed by atoms with E-state index in [0.29, 0.717) is 41.8 Å². The van der Waals surface area contributed by atoms with Gasteiger partial charge in [0.25, 0.3) is 15.9 Å². The Labute approximate surface area is 226 Å². The number of hydrogen-bond donors (Lipinski definition) is 3. The molecule has 5 rings (SSSR count). The highest BCUT2D eigenvalue weighted by Gasteiger charge is 2.21. The lowest BCUT2D eigenvalue weighted by atomic mass is 10.0. The zero-order valence-electron chi connectivity index (χ0n) is 21.8. The predicted octanol–water partition coefficient (Wildman–Crippen LogP) is 4.71. The van der Waals surface area contributed by atoms with E-state index < -0.39 is 27.4 Å². The van der Waals surface area contributed by atoms with Gasteiger partial charge in [0.05, 0.1) is 10.9 Å². The van der Waals surface area contributed by atoms with E-state index in [2.05, 4.69) is 28.9 Å². The lowest BCUT2D eigenvalue weighted by Crippen LogP contribution is -2.31. The van der Waals surface area contributed by atoms with Crippen molar-refractivity contribution in [3.63, 3.8) is 0 Å². The van der Waals surface area contributed by atoms with Crippen LogP contribution in [0.1, 0.15) is 54.2 Å². The van der Waals surface area contributed by atoms with Crippen LogP contribution < -0.4 is 24.9 Å². The number of anilines is 1. The Hall–Kier alpha value is -4.31. The van der Waals surface area contributed by atoms with Gasteiger partial charge in [-0.1, -0.05) is 32.0 Å². The van der Waals surface area contributed by atoms with Crippen LogP contribution >= 0.6 is 0 Å². The maximum absolute atomic E-state index is 13.3. The molecule has 4 aromatic rings. The summed E-state index contributed by atoms with van der Waals surface area (Å²) in [7, 11) is -3.98. The highest BCUT2D eigenvalue weighted by Crippen LogP contribution is 2.32. The Morgan fingerprint density at radius 2 is 1.59 bits per heavy atom. The second-order valence-electron chi connectivity index (χ2n) is 9.72. The van der Waals surface area contributed by atoms with Crippen LogP contribution in [0.3, 0.4) is 0 Å². The van der Waals surface area contributed by atoms with Gasteiger partial charge in [-0.3, -0.25) is 14.3 Å². The second-order valence-corrected chi connectivity index (χ2v) is 11.4. The van der Waals surface area contributed by atoms with Crippen molar-refractivity contribution in [1.82, 2.24) is 10.3 Å². The SMILES string of the molecule is CC(C)c1ccc(NS(=O)(=O)c2ccc3[nH]cc(C(=O)NC(C)c4ccc5c(c4)OCCO5)c(=O)c3c2)cc1. The number of ether oxygens (including phenoxy) is 2. The molecule has 1 unspecified atom stereocenters. The van der Waals surface area contributed by atoms with Gasteiger partial charge in [-0.05, 0) is 66.4 Å². The number of carbonyl (C=O) groups is 1. The molecule has 0 saturated heterocycles. The summed E-state index contributed by atoms with van der Waals surface area (Å²) < 4.78 is 39.9. The van der Waals surface area contributed by atoms with E-state index in [0.717, 1.165) is 11.1 Å². The molecule has 1 aliphatic heterocycles. The maximum Gasteiger partial charge on any atom is 0.261 e. The number of sulfonamides is 1. The molecule has 39 heavy (non-hydrogen) atoms. The molecule has 3 aromatic carbocycles. The van der Waals surface area contributed by atoms with Crippen molar-refractivity contribution in [3.8, 4) is 11.5 Å². The number of aromatic nitrogens is 1. The Bertz CT molecular complexity index is 1710. The molecular formula is C29H29N3O6S. The van der Waals surface area contributed by atoms with Crippen LogP contribution in [0.2, 0.25) is 0 Å². The van der Waals surface area contributed by atoms with Crippen molar-refractivity contribution in [2.24, 2.45) is 0 Å². The monoisotopic (exact) mass is 547 g/mol. The van der Waals surface area contributed by atoms with Crippen LogP contribution in [0.15, 0.2) is 76.6 Å². The van der Waals surface area contributed by atoms with Gasteiger partial charge >= 0.3 is 0 Å².